The van der Waals surface area contributed by atoms with E-state index >= 15 is 0 Å². The van der Waals surface area contributed by atoms with Crippen LogP contribution in [0.5, 0.6) is 0 Å². The van der Waals surface area contributed by atoms with E-state index in [1.165, 1.54) is 16.5 Å². The fourth-order valence-corrected chi connectivity index (χ4v) is 5.84. The van der Waals surface area contributed by atoms with Gasteiger partial charge in [0.1, 0.15) is 30.3 Å². The molecule has 2 aromatic heterocycles. The molecule has 11 heteroatoms. The molecule has 1 N–H and O–H groups in total. The van der Waals surface area contributed by atoms with Crippen LogP contribution in [-0.4, -0.2) is 67.0 Å². The van der Waals surface area contributed by atoms with Crippen molar-refractivity contribution in [2.45, 2.75) is 57.4 Å². The summed E-state index contributed by atoms with van der Waals surface area (Å²) < 4.78 is 16.0. The Hall–Kier alpha value is -4.18. The summed E-state index contributed by atoms with van der Waals surface area (Å²) in [4.78, 5) is 48.8. The number of fused-ring (bicyclic) bond motifs is 1. The van der Waals surface area contributed by atoms with Gasteiger partial charge in [-0.15, -0.1) is 0 Å². The number of halogens is 2. The van der Waals surface area contributed by atoms with Crippen molar-refractivity contribution in [1.82, 2.24) is 30.0 Å². The fraction of sp³-hybridized carbons (Fsp3) is 0.333. The highest BCUT2D eigenvalue weighted by molar-refractivity contribution is 6.31. The average molecular weight is 575 g/mol. The van der Waals surface area contributed by atoms with Gasteiger partial charge in [-0.1, -0.05) is 35.9 Å². The van der Waals surface area contributed by atoms with Gasteiger partial charge in [-0.3, -0.25) is 19.1 Å². The number of nitrogens with one attached hydrogen (secondary N) is 1. The number of Topliss-reactive ketones (excluding diaryl/α,β-unsaturated/α-hetero) is 1. The molecular formula is C30H28ClFN6O3. The lowest BCUT2D eigenvalue weighted by Gasteiger charge is -2.24. The molecule has 2 aromatic carbocycles. The van der Waals surface area contributed by atoms with Crippen molar-refractivity contribution in [2.75, 3.05) is 6.54 Å². The van der Waals surface area contributed by atoms with Gasteiger partial charge in [0, 0.05) is 53.7 Å². The maximum atomic E-state index is 14.6. The molecule has 2 amide bonds. The van der Waals surface area contributed by atoms with E-state index in [1.807, 2.05) is 36.4 Å². The molecule has 1 aliphatic heterocycles. The molecule has 3 heterocycles. The van der Waals surface area contributed by atoms with Crippen molar-refractivity contribution < 1.29 is 18.8 Å². The smallest absolute Gasteiger partial charge is 0.245 e. The first-order valence-corrected chi connectivity index (χ1v) is 13.9. The Balaban J connectivity index is 1.20. The summed E-state index contributed by atoms with van der Waals surface area (Å²) >= 11 is 6.31. The van der Waals surface area contributed by atoms with Crippen LogP contribution in [0.25, 0.3) is 22.0 Å². The van der Waals surface area contributed by atoms with Gasteiger partial charge in [-0.2, -0.15) is 5.10 Å². The van der Waals surface area contributed by atoms with Gasteiger partial charge in [0.2, 0.25) is 11.8 Å². The third kappa shape index (κ3) is 5.31. The molecule has 0 radical (unpaired) electrons. The number of aryl methyl sites for hydroxylation is 1. The predicted octanol–water partition coefficient (Wildman–Crippen LogP) is 4.27. The molecule has 6 rings (SSSR count). The van der Waals surface area contributed by atoms with E-state index < -0.39 is 18.1 Å². The molecule has 4 atom stereocenters. The largest absolute Gasteiger partial charge is 0.351 e. The van der Waals surface area contributed by atoms with E-state index in [9.17, 15) is 18.8 Å². The summed E-state index contributed by atoms with van der Waals surface area (Å²) in [5, 5.41) is 8.64. The van der Waals surface area contributed by atoms with Gasteiger partial charge in [0.25, 0.3) is 0 Å². The average Bonchev–Trinajstić information content (AvgIpc) is 3.43. The van der Waals surface area contributed by atoms with Crippen molar-refractivity contribution in [3.63, 3.8) is 0 Å². The Labute approximate surface area is 240 Å². The van der Waals surface area contributed by atoms with Crippen LogP contribution in [0.2, 0.25) is 5.02 Å². The van der Waals surface area contributed by atoms with Crippen molar-refractivity contribution in [3.8, 4) is 11.1 Å². The van der Waals surface area contributed by atoms with Crippen LogP contribution in [0.4, 0.5) is 4.39 Å². The SMILES string of the molecule is CC(=O)c1nn(CC(=O)N2C[C@H](F)C[C@H]2C(=O)N[C@H]2C[C@@H]2c2ccccc2Cl)c2ccc(-c3cnc(C)nc3)cc12. The number of rotatable bonds is 7. The second-order valence-corrected chi connectivity index (χ2v) is 11.1. The zero-order valence-corrected chi connectivity index (χ0v) is 23.3. The van der Waals surface area contributed by atoms with Crippen molar-refractivity contribution in [3.05, 3.63) is 77.0 Å². The molecule has 1 saturated carbocycles. The standard InChI is InChI=1S/C30H28ClFN6O3/c1-16(39)29-23-9-18(19-12-33-17(2)34-13-19)7-8-26(23)38(36-29)15-28(40)37-14-20(32)10-27(37)30(41)35-25-11-22(25)21-5-3-4-6-24(21)31/h3-9,12-13,20,22,25,27H,10-11,14-15H2,1-2H3,(H,35,41)/t20-,22-,25+,27+/m1/s1. The number of hydrogen-bond acceptors (Lipinski definition) is 6. The molecule has 2 aliphatic rings. The van der Waals surface area contributed by atoms with E-state index in [4.69, 9.17) is 11.6 Å². The van der Waals surface area contributed by atoms with Gasteiger partial charge >= 0.3 is 0 Å². The highest BCUT2D eigenvalue weighted by Gasteiger charge is 2.45. The molecule has 210 valence electrons. The lowest BCUT2D eigenvalue weighted by molar-refractivity contribution is -0.139. The molecule has 2 fully saturated rings. The first-order chi connectivity index (χ1) is 19.7. The monoisotopic (exact) mass is 574 g/mol. The number of aromatic nitrogens is 4. The second kappa shape index (κ2) is 10.7. The number of benzene rings is 2. The van der Waals surface area contributed by atoms with Gasteiger partial charge in [-0.25, -0.2) is 14.4 Å². The molecule has 1 saturated heterocycles. The van der Waals surface area contributed by atoms with Crippen LogP contribution in [0.1, 0.15) is 47.6 Å². The van der Waals surface area contributed by atoms with Gasteiger partial charge in [0.05, 0.1) is 12.1 Å². The zero-order chi connectivity index (χ0) is 28.8. The van der Waals surface area contributed by atoms with Gasteiger partial charge in [0.15, 0.2) is 5.78 Å². The van der Waals surface area contributed by atoms with Crippen molar-refractivity contribution >= 4 is 40.1 Å². The predicted molar refractivity (Wildman–Crippen MR) is 151 cm³/mol. The highest BCUT2D eigenvalue weighted by atomic mass is 35.5. The molecular weight excluding hydrogens is 547 g/mol. The molecule has 41 heavy (non-hydrogen) atoms. The minimum Gasteiger partial charge on any atom is -0.351 e. The lowest BCUT2D eigenvalue weighted by Crippen LogP contribution is -2.47. The third-order valence-corrected chi connectivity index (χ3v) is 8.12. The summed E-state index contributed by atoms with van der Waals surface area (Å²) in [6, 6.07) is 11.9. The number of amides is 2. The first kappa shape index (κ1) is 27.0. The minimum atomic E-state index is -1.31. The molecule has 1 aliphatic carbocycles. The fourth-order valence-electron chi connectivity index (χ4n) is 5.56. The number of alkyl halides is 1. The quantitative estimate of drug-likeness (QED) is 0.330. The van der Waals surface area contributed by atoms with Gasteiger partial charge < -0.3 is 10.2 Å². The van der Waals surface area contributed by atoms with Crippen molar-refractivity contribution in [1.29, 1.82) is 0 Å². The lowest BCUT2D eigenvalue weighted by atomic mass is 10.0. The van der Waals surface area contributed by atoms with Crippen molar-refractivity contribution in [2.24, 2.45) is 0 Å². The summed E-state index contributed by atoms with van der Waals surface area (Å²) in [5.41, 5.74) is 3.35. The second-order valence-electron chi connectivity index (χ2n) is 10.7. The molecule has 0 spiro atoms. The van der Waals surface area contributed by atoms with Gasteiger partial charge in [-0.05, 0) is 42.7 Å². The van der Waals surface area contributed by atoms with E-state index in [2.05, 4.69) is 20.4 Å². The Bertz CT molecular complexity index is 1670. The maximum absolute atomic E-state index is 14.6. The number of nitrogens with zero attached hydrogens (tertiary/aromatic N) is 5. The molecule has 0 unspecified atom stereocenters. The number of hydrogen-bond donors (Lipinski definition) is 1. The number of carbonyl (C=O) groups excluding carboxylic acids is 3. The molecule has 0 bridgehead atoms. The van der Waals surface area contributed by atoms with E-state index in [-0.39, 0.29) is 48.9 Å². The summed E-state index contributed by atoms with van der Waals surface area (Å²) in [6.07, 6.45) is 2.76. The summed E-state index contributed by atoms with van der Waals surface area (Å²) in [6.45, 7) is 2.80. The van der Waals surface area contributed by atoms with Crippen LogP contribution in [-0.2, 0) is 16.1 Å². The van der Waals surface area contributed by atoms with Crippen LogP contribution in [0, 0.1) is 6.92 Å². The molecule has 4 aromatic rings. The summed E-state index contributed by atoms with van der Waals surface area (Å²) in [7, 11) is 0. The first-order valence-electron chi connectivity index (χ1n) is 13.5. The Morgan fingerprint density at radius 2 is 1.83 bits per heavy atom. The topological polar surface area (TPSA) is 110 Å². The van der Waals surface area contributed by atoms with E-state index in [0.717, 1.165) is 23.1 Å². The molecule has 9 nitrogen and oxygen atoms in total. The Morgan fingerprint density at radius 1 is 1.07 bits per heavy atom. The Morgan fingerprint density at radius 3 is 2.56 bits per heavy atom. The van der Waals surface area contributed by atoms with E-state index in [1.54, 1.807) is 25.4 Å². The summed E-state index contributed by atoms with van der Waals surface area (Å²) in [5.74, 6) is -0.334. The van der Waals surface area contributed by atoms with Crippen LogP contribution >= 0.6 is 11.6 Å². The number of carbonyl (C=O) groups is 3. The van der Waals surface area contributed by atoms with Crippen LogP contribution < -0.4 is 5.32 Å². The zero-order valence-electron chi connectivity index (χ0n) is 22.6. The number of ketones is 1. The number of likely N-dealkylation sites (tertiary alicyclic amines) is 1. The Kier molecular flexibility index (Phi) is 7.03. The maximum Gasteiger partial charge on any atom is 0.245 e. The normalized spacial score (nSPS) is 21.7. The van der Waals surface area contributed by atoms with Crippen LogP contribution in [0.3, 0.4) is 0 Å². The highest BCUT2D eigenvalue weighted by Crippen LogP contribution is 2.43. The van der Waals surface area contributed by atoms with Crippen LogP contribution in [0.15, 0.2) is 54.9 Å². The van der Waals surface area contributed by atoms with E-state index in [0.29, 0.717) is 21.7 Å². The third-order valence-electron chi connectivity index (χ3n) is 7.78. The minimum absolute atomic E-state index is 0.0679.